The summed E-state index contributed by atoms with van der Waals surface area (Å²) < 4.78 is 0. The first-order chi connectivity index (χ1) is 5.16. The van der Waals surface area contributed by atoms with Gasteiger partial charge in [0, 0.05) is 10.2 Å². The van der Waals surface area contributed by atoms with Crippen LogP contribution in [0.4, 0.5) is 0 Å². The van der Waals surface area contributed by atoms with Crippen LogP contribution in [-0.2, 0) is 6.42 Å². The third-order valence-electron chi connectivity index (χ3n) is 2.55. The molecule has 1 heteroatoms. The Kier molecular flexibility index (Phi) is 2.50. The predicted molar refractivity (Wildman–Crippen MR) is 54.9 cm³/mol. The Balaban J connectivity index is 3.25. The second kappa shape index (κ2) is 3.22. The fourth-order valence-corrected chi connectivity index (χ4v) is 1.94. The average Bonchev–Trinajstić information content (AvgIpc) is 2.01. The third kappa shape index (κ3) is 1.54. The van der Waals surface area contributed by atoms with Gasteiger partial charge in [-0.05, 0) is 37.0 Å². The molecule has 0 saturated heterocycles. The Morgan fingerprint density at radius 2 is 1.82 bits per heavy atom. The molecule has 0 heterocycles. The van der Waals surface area contributed by atoms with E-state index in [9.17, 15) is 0 Å². The van der Waals surface area contributed by atoms with Crippen molar-refractivity contribution in [2.24, 2.45) is 0 Å². The molecule has 0 nitrogen and oxygen atoms in total. The fourth-order valence-electron chi connectivity index (χ4n) is 1.40. The van der Waals surface area contributed by atoms with E-state index in [1.54, 1.807) is 5.19 Å². The Bertz CT molecular complexity index is 264. The molecule has 0 N–H and O–H groups in total. The van der Waals surface area contributed by atoms with Crippen molar-refractivity contribution in [3.8, 4) is 0 Å². The number of rotatable bonds is 1. The van der Waals surface area contributed by atoms with Gasteiger partial charge in [0.05, 0.1) is 0 Å². The molecule has 1 aromatic carbocycles. The molecular weight excluding hydrogens is 148 g/mol. The second-order valence-corrected chi connectivity index (χ2v) is 4.22. The molecule has 1 aromatic rings. The molecule has 0 aromatic heterocycles. The lowest BCUT2D eigenvalue weighted by atomic mass is 10.0. The molecule has 0 aliphatic rings. The molecule has 0 amide bonds. The molecule has 0 radical (unpaired) electrons. The summed E-state index contributed by atoms with van der Waals surface area (Å²) in [7, 11) is 1.18. The quantitative estimate of drug-likeness (QED) is 0.540. The maximum atomic E-state index is 2.27. The van der Waals surface area contributed by atoms with Crippen molar-refractivity contribution in [1.29, 1.82) is 0 Å². The summed E-state index contributed by atoms with van der Waals surface area (Å²) >= 11 is 0. The number of hydrogen-bond acceptors (Lipinski definition) is 0. The molecule has 0 fully saturated rings. The largest absolute Gasteiger partial charge is 0.0676 e. The first kappa shape index (κ1) is 8.53. The van der Waals surface area contributed by atoms with Crippen molar-refractivity contribution in [2.45, 2.75) is 27.2 Å². The van der Waals surface area contributed by atoms with Gasteiger partial charge in [0.2, 0.25) is 0 Å². The van der Waals surface area contributed by atoms with Gasteiger partial charge >= 0.3 is 0 Å². The molecule has 0 aliphatic carbocycles. The van der Waals surface area contributed by atoms with Crippen LogP contribution >= 0.6 is 0 Å². The topological polar surface area (TPSA) is 0 Å². The van der Waals surface area contributed by atoms with E-state index in [4.69, 9.17) is 0 Å². The van der Waals surface area contributed by atoms with Crippen molar-refractivity contribution in [2.75, 3.05) is 0 Å². The lowest BCUT2D eigenvalue weighted by Gasteiger charge is -2.08. The minimum absolute atomic E-state index is 1.16. The maximum absolute atomic E-state index is 2.27. The van der Waals surface area contributed by atoms with Crippen LogP contribution in [0.15, 0.2) is 12.1 Å². The fraction of sp³-hybridized carbons (Fsp3) is 0.400. The highest BCUT2D eigenvalue weighted by Gasteiger charge is 2.00. The molecule has 0 spiro atoms. The standard InChI is InChI=1S/C10H16Si/c1-4-9-5-6-10(11)8(3)7(9)2/h5-6H,4H2,1-3,11H3. The Labute approximate surface area is 72.1 Å². The van der Waals surface area contributed by atoms with Crippen molar-refractivity contribution in [1.82, 2.24) is 0 Å². The van der Waals surface area contributed by atoms with Crippen molar-refractivity contribution >= 4 is 15.4 Å². The lowest BCUT2D eigenvalue weighted by molar-refractivity contribution is 1.10. The van der Waals surface area contributed by atoms with Gasteiger partial charge in [-0.2, -0.15) is 0 Å². The van der Waals surface area contributed by atoms with E-state index in [1.807, 2.05) is 0 Å². The summed E-state index contributed by atoms with van der Waals surface area (Å²) in [5.74, 6) is 0. The summed E-state index contributed by atoms with van der Waals surface area (Å²) in [5.41, 5.74) is 4.51. The number of aryl methyl sites for hydroxylation is 1. The molecule has 0 unspecified atom stereocenters. The molecule has 0 saturated carbocycles. The van der Waals surface area contributed by atoms with E-state index in [2.05, 4.69) is 32.9 Å². The smallest absolute Gasteiger partial charge is 0.0388 e. The van der Waals surface area contributed by atoms with E-state index < -0.39 is 0 Å². The van der Waals surface area contributed by atoms with Gasteiger partial charge in [0.1, 0.15) is 0 Å². The normalized spacial score (nSPS) is 10.5. The summed E-state index contributed by atoms with van der Waals surface area (Å²) in [6.45, 7) is 6.68. The lowest BCUT2D eigenvalue weighted by Crippen LogP contribution is -2.09. The highest BCUT2D eigenvalue weighted by molar-refractivity contribution is 6.33. The van der Waals surface area contributed by atoms with Crippen LogP contribution in [0.2, 0.25) is 0 Å². The van der Waals surface area contributed by atoms with Crippen molar-refractivity contribution < 1.29 is 0 Å². The minimum atomic E-state index is 1.16. The van der Waals surface area contributed by atoms with Gasteiger partial charge in [0.25, 0.3) is 0 Å². The molecule has 11 heavy (non-hydrogen) atoms. The SMILES string of the molecule is CCc1ccc([SiH3])c(C)c1C. The molecular formula is C10H16Si. The zero-order valence-corrected chi connectivity index (χ0v) is 9.86. The summed E-state index contributed by atoms with van der Waals surface area (Å²) in [6.07, 6.45) is 1.16. The average molecular weight is 164 g/mol. The van der Waals surface area contributed by atoms with E-state index in [0.29, 0.717) is 0 Å². The third-order valence-corrected chi connectivity index (χ3v) is 3.63. The minimum Gasteiger partial charge on any atom is -0.0676 e. The second-order valence-electron chi connectivity index (χ2n) is 3.15. The molecule has 60 valence electrons. The van der Waals surface area contributed by atoms with E-state index in [0.717, 1.165) is 6.42 Å². The van der Waals surface area contributed by atoms with E-state index >= 15 is 0 Å². The van der Waals surface area contributed by atoms with Gasteiger partial charge < -0.3 is 0 Å². The van der Waals surface area contributed by atoms with E-state index in [-0.39, 0.29) is 0 Å². The van der Waals surface area contributed by atoms with Crippen molar-refractivity contribution in [3.63, 3.8) is 0 Å². The Morgan fingerprint density at radius 3 is 2.36 bits per heavy atom. The van der Waals surface area contributed by atoms with Gasteiger partial charge in [-0.15, -0.1) is 0 Å². The van der Waals surface area contributed by atoms with Gasteiger partial charge in [-0.25, -0.2) is 0 Å². The van der Waals surface area contributed by atoms with Crippen LogP contribution in [0.5, 0.6) is 0 Å². The summed E-state index contributed by atoms with van der Waals surface area (Å²) in [6, 6.07) is 4.54. The van der Waals surface area contributed by atoms with Gasteiger partial charge in [-0.3, -0.25) is 0 Å². The Hall–Kier alpha value is -0.563. The zero-order chi connectivity index (χ0) is 8.43. The Morgan fingerprint density at radius 1 is 1.18 bits per heavy atom. The molecule has 0 bridgehead atoms. The predicted octanol–water partition coefficient (Wildman–Crippen LogP) is 0.857. The first-order valence-corrected chi connectivity index (χ1v) is 5.22. The zero-order valence-electron chi connectivity index (χ0n) is 7.86. The van der Waals surface area contributed by atoms with Gasteiger partial charge in [-0.1, -0.05) is 24.2 Å². The summed E-state index contributed by atoms with van der Waals surface area (Å²) in [4.78, 5) is 0. The van der Waals surface area contributed by atoms with E-state index in [1.165, 1.54) is 26.9 Å². The molecule has 0 aliphatic heterocycles. The highest BCUT2D eigenvalue weighted by atomic mass is 28.1. The monoisotopic (exact) mass is 164 g/mol. The molecule has 0 atom stereocenters. The van der Waals surface area contributed by atoms with Crippen LogP contribution in [0, 0.1) is 13.8 Å². The maximum Gasteiger partial charge on any atom is 0.0388 e. The van der Waals surface area contributed by atoms with Crippen LogP contribution in [0.25, 0.3) is 0 Å². The summed E-state index contributed by atoms with van der Waals surface area (Å²) in [5, 5.41) is 1.54. The van der Waals surface area contributed by atoms with Crippen LogP contribution in [-0.4, -0.2) is 10.2 Å². The van der Waals surface area contributed by atoms with Crippen molar-refractivity contribution in [3.05, 3.63) is 28.8 Å². The van der Waals surface area contributed by atoms with Crippen LogP contribution in [0.3, 0.4) is 0 Å². The van der Waals surface area contributed by atoms with Crippen LogP contribution in [0.1, 0.15) is 23.6 Å². The van der Waals surface area contributed by atoms with Gasteiger partial charge in [0.15, 0.2) is 0 Å². The van der Waals surface area contributed by atoms with Crippen LogP contribution < -0.4 is 5.19 Å². The molecule has 1 rings (SSSR count). The first-order valence-electron chi connectivity index (χ1n) is 4.22. The number of hydrogen-bond donors (Lipinski definition) is 0. The number of benzene rings is 1. The highest BCUT2D eigenvalue weighted by Crippen LogP contribution is 2.10.